The Morgan fingerprint density at radius 1 is 1.77 bits per heavy atom. The first-order valence-electron chi connectivity index (χ1n) is 3.93. The van der Waals surface area contributed by atoms with E-state index in [1.54, 1.807) is 18.4 Å². The fourth-order valence-electron chi connectivity index (χ4n) is 1.06. The fraction of sp³-hybridized carbons (Fsp3) is 0.333. The van der Waals surface area contributed by atoms with Crippen LogP contribution in [0.1, 0.15) is 17.8 Å². The zero-order valence-electron chi connectivity index (χ0n) is 7.83. The SMILES string of the molecule is C=C(C)C(NN)c1cc(OC)cs1. The van der Waals surface area contributed by atoms with E-state index in [0.717, 1.165) is 16.2 Å². The van der Waals surface area contributed by atoms with Gasteiger partial charge in [0.2, 0.25) is 0 Å². The molecule has 0 aromatic carbocycles. The molecule has 0 aliphatic rings. The van der Waals surface area contributed by atoms with E-state index in [4.69, 9.17) is 10.6 Å². The highest BCUT2D eigenvalue weighted by Crippen LogP contribution is 2.29. The quantitative estimate of drug-likeness (QED) is 0.441. The molecule has 0 fully saturated rings. The molecule has 3 nitrogen and oxygen atoms in total. The highest BCUT2D eigenvalue weighted by molar-refractivity contribution is 7.10. The Morgan fingerprint density at radius 2 is 2.46 bits per heavy atom. The topological polar surface area (TPSA) is 47.3 Å². The van der Waals surface area contributed by atoms with Crippen LogP contribution in [0.4, 0.5) is 0 Å². The molecule has 1 heterocycles. The lowest BCUT2D eigenvalue weighted by Crippen LogP contribution is -2.27. The van der Waals surface area contributed by atoms with Gasteiger partial charge in [-0.3, -0.25) is 5.84 Å². The van der Waals surface area contributed by atoms with Gasteiger partial charge in [-0.2, -0.15) is 0 Å². The Hall–Kier alpha value is -0.840. The van der Waals surface area contributed by atoms with Crippen LogP contribution in [-0.4, -0.2) is 7.11 Å². The minimum absolute atomic E-state index is 0.0221. The number of methoxy groups -OCH3 is 1. The second-order valence-electron chi connectivity index (χ2n) is 2.83. The van der Waals surface area contributed by atoms with E-state index < -0.39 is 0 Å². The van der Waals surface area contributed by atoms with Gasteiger partial charge in [-0.15, -0.1) is 11.3 Å². The number of hydrogen-bond acceptors (Lipinski definition) is 4. The summed E-state index contributed by atoms with van der Waals surface area (Å²) in [5, 5.41) is 1.95. The largest absolute Gasteiger partial charge is 0.496 e. The fourth-order valence-corrected chi connectivity index (χ4v) is 2.07. The number of thiophene rings is 1. The zero-order chi connectivity index (χ0) is 9.84. The summed E-state index contributed by atoms with van der Waals surface area (Å²) >= 11 is 1.61. The van der Waals surface area contributed by atoms with E-state index in [9.17, 15) is 0 Å². The molecule has 1 aromatic rings. The molecule has 4 heteroatoms. The lowest BCUT2D eigenvalue weighted by molar-refractivity contribution is 0.416. The van der Waals surface area contributed by atoms with Crippen LogP contribution in [0.25, 0.3) is 0 Å². The summed E-state index contributed by atoms with van der Waals surface area (Å²) < 4.78 is 5.08. The van der Waals surface area contributed by atoms with Gasteiger partial charge in [0.1, 0.15) is 5.75 Å². The van der Waals surface area contributed by atoms with Gasteiger partial charge < -0.3 is 4.74 Å². The van der Waals surface area contributed by atoms with E-state index in [1.165, 1.54) is 0 Å². The molecule has 0 bridgehead atoms. The molecular formula is C9H14N2OS. The first kappa shape index (κ1) is 10.2. The van der Waals surface area contributed by atoms with Crippen LogP contribution in [0, 0.1) is 0 Å². The average Bonchev–Trinajstić information content (AvgIpc) is 2.53. The number of ether oxygens (including phenoxy) is 1. The summed E-state index contributed by atoms with van der Waals surface area (Å²) in [5.41, 5.74) is 3.70. The number of nitrogens with one attached hydrogen (secondary N) is 1. The Kier molecular flexibility index (Phi) is 3.48. The lowest BCUT2D eigenvalue weighted by Gasteiger charge is -2.12. The van der Waals surface area contributed by atoms with Gasteiger partial charge in [0, 0.05) is 10.3 Å². The van der Waals surface area contributed by atoms with Crippen molar-refractivity contribution in [2.45, 2.75) is 13.0 Å². The molecule has 1 atom stereocenters. The van der Waals surface area contributed by atoms with Gasteiger partial charge in [0.25, 0.3) is 0 Å². The Balaban J connectivity index is 2.85. The van der Waals surface area contributed by atoms with Crippen LogP contribution in [0.5, 0.6) is 5.75 Å². The molecular weight excluding hydrogens is 184 g/mol. The standard InChI is InChI=1S/C9H14N2OS/c1-6(2)9(11-10)8-4-7(12-3)5-13-8/h4-5,9,11H,1,10H2,2-3H3. The average molecular weight is 198 g/mol. The molecule has 3 N–H and O–H groups in total. The van der Waals surface area contributed by atoms with Gasteiger partial charge >= 0.3 is 0 Å². The van der Waals surface area contributed by atoms with E-state index in [1.807, 2.05) is 18.4 Å². The summed E-state index contributed by atoms with van der Waals surface area (Å²) in [6.45, 7) is 5.80. The van der Waals surface area contributed by atoms with E-state index >= 15 is 0 Å². The van der Waals surface area contributed by atoms with E-state index in [-0.39, 0.29) is 6.04 Å². The van der Waals surface area contributed by atoms with Crippen LogP contribution in [0.3, 0.4) is 0 Å². The van der Waals surface area contributed by atoms with Gasteiger partial charge in [0.05, 0.1) is 13.2 Å². The monoisotopic (exact) mass is 198 g/mol. The smallest absolute Gasteiger partial charge is 0.129 e. The maximum atomic E-state index is 5.41. The van der Waals surface area contributed by atoms with Crippen LogP contribution in [-0.2, 0) is 0 Å². The van der Waals surface area contributed by atoms with Crippen molar-refractivity contribution in [2.24, 2.45) is 5.84 Å². The van der Waals surface area contributed by atoms with Crippen LogP contribution in [0.2, 0.25) is 0 Å². The molecule has 0 amide bonds. The van der Waals surface area contributed by atoms with Crippen molar-refractivity contribution in [1.29, 1.82) is 0 Å². The second kappa shape index (κ2) is 4.41. The first-order valence-corrected chi connectivity index (χ1v) is 4.81. The predicted molar refractivity (Wildman–Crippen MR) is 55.7 cm³/mol. The minimum atomic E-state index is 0.0221. The molecule has 0 saturated heterocycles. The summed E-state index contributed by atoms with van der Waals surface area (Å²) in [5.74, 6) is 6.27. The molecule has 72 valence electrons. The molecule has 1 unspecified atom stereocenters. The van der Waals surface area contributed by atoms with Crippen molar-refractivity contribution in [3.05, 3.63) is 28.5 Å². The molecule has 0 saturated carbocycles. The second-order valence-corrected chi connectivity index (χ2v) is 3.78. The first-order chi connectivity index (χ1) is 6.19. The van der Waals surface area contributed by atoms with Gasteiger partial charge in [0.15, 0.2) is 0 Å². The number of hydrogen-bond donors (Lipinski definition) is 2. The third kappa shape index (κ3) is 2.30. The predicted octanol–water partition coefficient (Wildman–Crippen LogP) is 1.84. The molecule has 0 spiro atoms. The van der Waals surface area contributed by atoms with E-state index in [2.05, 4.69) is 12.0 Å². The summed E-state index contributed by atoms with van der Waals surface area (Å²) in [7, 11) is 1.65. The van der Waals surface area contributed by atoms with Crippen molar-refractivity contribution in [2.75, 3.05) is 7.11 Å². The Labute approximate surface area is 82.2 Å². The number of rotatable bonds is 4. The molecule has 0 aliphatic heterocycles. The normalized spacial score (nSPS) is 12.5. The maximum absolute atomic E-state index is 5.41. The van der Waals surface area contributed by atoms with Gasteiger partial charge in [-0.05, 0) is 13.0 Å². The third-order valence-corrected chi connectivity index (χ3v) is 2.75. The van der Waals surface area contributed by atoms with Crippen molar-refractivity contribution in [3.63, 3.8) is 0 Å². The van der Waals surface area contributed by atoms with E-state index in [0.29, 0.717) is 0 Å². The minimum Gasteiger partial charge on any atom is -0.496 e. The van der Waals surface area contributed by atoms with Crippen LogP contribution >= 0.6 is 11.3 Å². The van der Waals surface area contributed by atoms with Crippen molar-refractivity contribution >= 4 is 11.3 Å². The van der Waals surface area contributed by atoms with Crippen molar-refractivity contribution < 1.29 is 4.74 Å². The molecule has 1 aromatic heterocycles. The number of nitrogens with two attached hydrogens (primary N) is 1. The summed E-state index contributed by atoms with van der Waals surface area (Å²) in [6.07, 6.45) is 0. The molecule has 0 radical (unpaired) electrons. The van der Waals surface area contributed by atoms with Crippen molar-refractivity contribution in [1.82, 2.24) is 5.43 Å². The molecule has 1 rings (SSSR count). The highest BCUT2D eigenvalue weighted by Gasteiger charge is 2.12. The maximum Gasteiger partial charge on any atom is 0.129 e. The van der Waals surface area contributed by atoms with Crippen LogP contribution < -0.4 is 16.0 Å². The van der Waals surface area contributed by atoms with Crippen molar-refractivity contribution in [3.8, 4) is 5.75 Å². The van der Waals surface area contributed by atoms with Crippen LogP contribution in [0.15, 0.2) is 23.6 Å². The molecule has 13 heavy (non-hydrogen) atoms. The zero-order valence-corrected chi connectivity index (χ0v) is 8.65. The molecule has 0 aliphatic carbocycles. The third-order valence-electron chi connectivity index (χ3n) is 1.78. The number of hydrazine groups is 1. The summed E-state index contributed by atoms with van der Waals surface area (Å²) in [6, 6.07) is 1.98. The highest BCUT2D eigenvalue weighted by atomic mass is 32.1. The Bertz CT molecular complexity index is 296. The lowest BCUT2D eigenvalue weighted by atomic mass is 10.1. The Morgan fingerprint density at radius 3 is 2.85 bits per heavy atom. The summed E-state index contributed by atoms with van der Waals surface area (Å²) in [4.78, 5) is 1.12. The van der Waals surface area contributed by atoms with Gasteiger partial charge in [-0.25, -0.2) is 5.43 Å². The van der Waals surface area contributed by atoms with Gasteiger partial charge in [-0.1, -0.05) is 12.2 Å².